The van der Waals surface area contributed by atoms with Crippen LogP contribution in [0.3, 0.4) is 0 Å². The van der Waals surface area contributed by atoms with Gasteiger partial charge in [-0.3, -0.25) is 4.90 Å². The summed E-state index contributed by atoms with van der Waals surface area (Å²) in [6, 6.07) is 0. The van der Waals surface area contributed by atoms with Gasteiger partial charge < -0.3 is 14.8 Å². The maximum atomic E-state index is 5.93. The molecule has 0 saturated carbocycles. The van der Waals surface area contributed by atoms with E-state index in [2.05, 4.69) is 17.1 Å². The Hall–Kier alpha value is -0.160. The van der Waals surface area contributed by atoms with Crippen molar-refractivity contribution in [1.29, 1.82) is 0 Å². The Kier molecular flexibility index (Phi) is 3.97. The molecule has 1 atom stereocenters. The van der Waals surface area contributed by atoms with Gasteiger partial charge in [-0.2, -0.15) is 0 Å². The smallest absolute Gasteiger partial charge is 0.116 e. The first-order valence-corrected chi connectivity index (χ1v) is 5.99. The second-order valence-electron chi connectivity index (χ2n) is 4.54. The molecule has 1 N–H and O–H groups in total. The SMILES string of the molecule is CCCN1CCO[C@@]2(CNCCOC2)C1. The molecule has 2 saturated heterocycles. The summed E-state index contributed by atoms with van der Waals surface area (Å²) in [6.45, 7) is 9.72. The van der Waals surface area contributed by atoms with Crippen molar-refractivity contribution < 1.29 is 9.47 Å². The molecule has 0 aromatic heterocycles. The van der Waals surface area contributed by atoms with Gasteiger partial charge >= 0.3 is 0 Å². The maximum Gasteiger partial charge on any atom is 0.116 e. The van der Waals surface area contributed by atoms with Crippen molar-refractivity contribution in [3.8, 4) is 0 Å². The van der Waals surface area contributed by atoms with E-state index in [0.29, 0.717) is 0 Å². The van der Waals surface area contributed by atoms with Gasteiger partial charge in [-0.25, -0.2) is 0 Å². The number of nitrogens with zero attached hydrogens (tertiary/aromatic N) is 1. The summed E-state index contributed by atoms with van der Waals surface area (Å²) in [5.74, 6) is 0. The van der Waals surface area contributed by atoms with Crippen LogP contribution in [0.5, 0.6) is 0 Å². The maximum absolute atomic E-state index is 5.93. The van der Waals surface area contributed by atoms with Crippen LogP contribution < -0.4 is 5.32 Å². The third kappa shape index (κ3) is 2.91. The third-order valence-electron chi connectivity index (χ3n) is 3.10. The van der Waals surface area contributed by atoms with Crippen LogP contribution in [0.4, 0.5) is 0 Å². The summed E-state index contributed by atoms with van der Waals surface area (Å²) < 4.78 is 11.5. The standard InChI is InChI=1S/C11H22N2O2/c1-2-4-13-5-7-15-11(9-13)8-12-3-6-14-10-11/h12H,2-10H2,1H3/t11-/m0/s1. The molecule has 0 bridgehead atoms. The van der Waals surface area contributed by atoms with Gasteiger partial charge in [0.15, 0.2) is 0 Å². The molecule has 0 amide bonds. The molecule has 2 rings (SSSR count). The molecule has 0 radical (unpaired) electrons. The largest absolute Gasteiger partial charge is 0.377 e. The lowest BCUT2D eigenvalue weighted by atomic mass is 10.0. The average Bonchev–Trinajstić information content (AvgIpc) is 2.45. The molecule has 1 spiro atoms. The third-order valence-corrected chi connectivity index (χ3v) is 3.10. The van der Waals surface area contributed by atoms with Crippen molar-refractivity contribution in [1.82, 2.24) is 10.2 Å². The van der Waals surface area contributed by atoms with Crippen LogP contribution in [0.2, 0.25) is 0 Å². The fraction of sp³-hybridized carbons (Fsp3) is 1.00. The molecule has 0 unspecified atom stereocenters. The minimum absolute atomic E-state index is 0.0933. The molecule has 0 aromatic carbocycles. The first-order valence-electron chi connectivity index (χ1n) is 5.99. The Bertz CT molecular complexity index is 189. The number of hydrogen-bond donors (Lipinski definition) is 1. The van der Waals surface area contributed by atoms with Gasteiger partial charge in [0.2, 0.25) is 0 Å². The van der Waals surface area contributed by atoms with E-state index in [-0.39, 0.29) is 5.60 Å². The normalized spacial score (nSPS) is 34.2. The van der Waals surface area contributed by atoms with Gasteiger partial charge in [0.05, 0.1) is 19.8 Å². The van der Waals surface area contributed by atoms with Gasteiger partial charge in [-0.05, 0) is 13.0 Å². The first-order chi connectivity index (χ1) is 7.35. The van der Waals surface area contributed by atoms with Crippen LogP contribution in [0.25, 0.3) is 0 Å². The highest BCUT2D eigenvalue weighted by Crippen LogP contribution is 2.19. The minimum Gasteiger partial charge on any atom is -0.377 e. The molecule has 4 heteroatoms. The molecule has 0 aliphatic carbocycles. The first kappa shape index (κ1) is 11.3. The van der Waals surface area contributed by atoms with Crippen molar-refractivity contribution in [2.75, 3.05) is 52.5 Å². The van der Waals surface area contributed by atoms with Crippen LogP contribution in [0, 0.1) is 0 Å². The Morgan fingerprint density at radius 1 is 1.40 bits per heavy atom. The zero-order chi connectivity index (χ0) is 10.6. The van der Waals surface area contributed by atoms with Gasteiger partial charge in [-0.1, -0.05) is 6.92 Å². The molecule has 2 fully saturated rings. The lowest BCUT2D eigenvalue weighted by Gasteiger charge is -2.41. The van der Waals surface area contributed by atoms with E-state index in [1.807, 2.05) is 0 Å². The number of nitrogens with one attached hydrogen (secondary N) is 1. The number of morpholine rings is 1. The Morgan fingerprint density at radius 3 is 3.20 bits per heavy atom. The Morgan fingerprint density at radius 2 is 2.33 bits per heavy atom. The topological polar surface area (TPSA) is 33.7 Å². The summed E-state index contributed by atoms with van der Waals surface area (Å²) >= 11 is 0. The number of rotatable bonds is 2. The quantitative estimate of drug-likeness (QED) is 0.706. The van der Waals surface area contributed by atoms with E-state index in [4.69, 9.17) is 9.47 Å². The second kappa shape index (κ2) is 5.25. The highest BCUT2D eigenvalue weighted by atomic mass is 16.5. The lowest BCUT2D eigenvalue weighted by molar-refractivity contribution is -0.133. The van der Waals surface area contributed by atoms with E-state index in [1.165, 1.54) is 13.0 Å². The van der Waals surface area contributed by atoms with E-state index < -0.39 is 0 Å². The van der Waals surface area contributed by atoms with E-state index in [9.17, 15) is 0 Å². The van der Waals surface area contributed by atoms with Crippen molar-refractivity contribution in [3.05, 3.63) is 0 Å². The van der Waals surface area contributed by atoms with Crippen molar-refractivity contribution in [2.45, 2.75) is 18.9 Å². The summed E-state index contributed by atoms with van der Waals surface area (Å²) in [5.41, 5.74) is -0.0933. The predicted octanol–water partition coefficient (Wildman–Crippen LogP) is 0.0872. The van der Waals surface area contributed by atoms with Crippen LogP contribution >= 0.6 is 0 Å². The van der Waals surface area contributed by atoms with Gasteiger partial charge in [0.25, 0.3) is 0 Å². The van der Waals surface area contributed by atoms with Crippen LogP contribution in [0.1, 0.15) is 13.3 Å². The average molecular weight is 214 g/mol. The minimum atomic E-state index is -0.0933. The van der Waals surface area contributed by atoms with E-state index in [1.54, 1.807) is 0 Å². The molecular weight excluding hydrogens is 192 g/mol. The second-order valence-corrected chi connectivity index (χ2v) is 4.54. The summed E-state index contributed by atoms with van der Waals surface area (Å²) in [5, 5.41) is 3.39. The van der Waals surface area contributed by atoms with Gasteiger partial charge in [0, 0.05) is 26.2 Å². The zero-order valence-corrected chi connectivity index (χ0v) is 9.63. The summed E-state index contributed by atoms with van der Waals surface area (Å²) in [6.07, 6.45) is 1.21. The predicted molar refractivity (Wildman–Crippen MR) is 59.1 cm³/mol. The van der Waals surface area contributed by atoms with Crippen LogP contribution in [-0.4, -0.2) is 63.0 Å². The highest BCUT2D eigenvalue weighted by Gasteiger charge is 2.37. The summed E-state index contributed by atoms with van der Waals surface area (Å²) in [7, 11) is 0. The Labute approximate surface area is 91.9 Å². The molecule has 15 heavy (non-hydrogen) atoms. The molecule has 2 aliphatic rings. The highest BCUT2D eigenvalue weighted by molar-refractivity contribution is 4.91. The van der Waals surface area contributed by atoms with Crippen LogP contribution in [-0.2, 0) is 9.47 Å². The molecular formula is C11H22N2O2. The van der Waals surface area contributed by atoms with Gasteiger partial charge in [-0.15, -0.1) is 0 Å². The zero-order valence-electron chi connectivity index (χ0n) is 9.63. The fourth-order valence-electron chi connectivity index (χ4n) is 2.39. The number of ether oxygens (including phenoxy) is 2. The molecule has 2 heterocycles. The monoisotopic (exact) mass is 214 g/mol. The van der Waals surface area contributed by atoms with Crippen molar-refractivity contribution >= 4 is 0 Å². The van der Waals surface area contributed by atoms with E-state index >= 15 is 0 Å². The van der Waals surface area contributed by atoms with Crippen LogP contribution in [0.15, 0.2) is 0 Å². The molecule has 88 valence electrons. The Balaban J connectivity index is 1.93. The van der Waals surface area contributed by atoms with E-state index in [0.717, 1.165) is 46.0 Å². The number of hydrogen-bond acceptors (Lipinski definition) is 4. The van der Waals surface area contributed by atoms with Crippen molar-refractivity contribution in [2.24, 2.45) is 0 Å². The fourth-order valence-corrected chi connectivity index (χ4v) is 2.39. The summed E-state index contributed by atoms with van der Waals surface area (Å²) in [4.78, 5) is 2.49. The van der Waals surface area contributed by atoms with Crippen molar-refractivity contribution in [3.63, 3.8) is 0 Å². The molecule has 4 nitrogen and oxygen atoms in total. The van der Waals surface area contributed by atoms with Gasteiger partial charge in [0.1, 0.15) is 5.60 Å². The molecule has 2 aliphatic heterocycles. The molecule has 0 aromatic rings. The lowest BCUT2D eigenvalue weighted by Crippen LogP contribution is -2.58.